The fourth-order valence-electron chi connectivity index (χ4n) is 1.98. The third kappa shape index (κ3) is 2.50. The maximum Gasteiger partial charge on any atom is 0.152 e. The number of hydrogen-bond acceptors (Lipinski definition) is 5. The van der Waals surface area contributed by atoms with Crippen LogP contribution in [0.15, 0.2) is 23.4 Å². The third-order valence-corrected chi connectivity index (χ3v) is 3.10. The van der Waals surface area contributed by atoms with Crippen molar-refractivity contribution in [1.82, 2.24) is 4.90 Å². The Morgan fingerprint density at radius 1 is 1.24 bits per heavy atom. The molecule has 2 rings (SSSR count). The van der Waals surface area contributed by atoms with E-state index in [1.54, 1.807) is 12.1 Å². The summed E-state index contributed by atoms with van der Waals surface area (Å²) in [4.78, 5) is 25.8. The third-order valence-electron chi connectivity index (χ3n) is 3.10. The molecule has 0 radical (unpaired) electrons. The van der Waals surface area contributed by atoms with Crippen molar-refractivity contribution in [3.05, 3.63) is 28.7 Å². The van der Waals surface area contributed by atoms with Gasteiger partial charge in [-0.1, -0.05) is 0 Å². The van der Waals surface area contributed by atoms with Gasteiger partial charge in [0.25, 0.3) is 0 Å². The second-order valence-corrected chi connectivity index (χ2v) is 4.24. The second kappa shape index (κ2) is 5.05. The van der Waals surface area contributed by atoms with Crippen LogP contribution in [0, 0.1) is 4.91 Å². The SMILES string of the molecule is CN1CCN(c2ccc(N=O)c(C=O)c2)CC1. The minimum Gasteiger partial charge on any atom is -0.369 e. The van der Waals surface area contributed by atoms with E-state index in [0.29, 0.717) is 11.8 Å². The summed E-state index contributed by atoms with van der Waals surface area (Å²) in [6.45, 7) is 3.87. The monoisotopic (exact) mass is 233 g/mol. The lowest BCUT2D eigenvalue weighted by Gasteiger charge is -2.34. The normalized spacial score (nSPS) is 16.9. The van der Waals surface area contributed by atoms with E-state index in [9.17, 15) is 9.70 Å². The number of piperazine rings is 1. The predicted octanol–water partition coefficient (Wildman–Crippen LogP) is 1.65. The molecule has 1 aromatic rings. The number of anilines is 1. The van der Waals surface area contributed by atoms with Gasteiger partial charge in [0.2, 0.25) is 0 Å². The smallest absolute Gasteiger partial charge is 0.152 e. The first-order valence-corrected chi connectivity index (χ1v) is 5.60. The molecule has 0 spiro atoms. The van der Waals surface area contributed by atoms with Crippen molar-refractivity contribution in [3.8, 4) is 0 Å². The van der Waals surface area contributed by atoms with E-state index in [2.05, 4.69) is 22.0 Å². The number of carbonyl (C=O) groups excluding carboxylic acids is 1. The summed E-state index contributed by atoms with van der Waals surface area (Å²) in [5, 5.41) is 2.83. The number of hydrogen-bond donors (Lipinski definition) is 0. The summed E-state index contributed by atoms with van der Waals surface area (Å²) < 4.78 is 0. The average Bonchev–Trinajstić information content (AvgIpc) is 2.39. The quantitative estimate of drug-likeness (QED) is 0.588. The zero-order valence-corrected chi connectivity index (χ0v) is 9.80. The van der Waals surface area contributed by atoms with Crippen LogP contribution in [0.2, 0.25) is 0 Å². The van der Waals surface area contributed by atoms with Gasteiger partial charge >= 0.3 is 0 Å². The largest absolute Gasteiger partial charge is 0.369 e. The maximum atomic E-state index is 10.8. The molecule has 0 aromatic heterocycles. The van der Waals surface area contributed by atoms with Gasteiger partial charge in [-0.05, 0) is 30.4 Å². The van der Waals surface area contributed by atoms with Crippen LogP contribution in [-0.2, 0) is 0 Å². The molecule has 0 bridgehead atoms. The molecule has 5 heteroatoms. The molecule has 17 heavy (non-hydrogen) atoms. The summed E-state index contributed by atoms with van der Waals surface area (Å²) in [7, 11) is 2.09. The Kier molecular flexibility index (Phi) is 3.49. The Morgan fingerprint density at radius 3 is 2.53 bits per heavy atom. The predicted molar refractivity (Wildman–Crippen MR) is 67.0 cm³/mol. The van der Waals surface area contributed by atoms with Crippen LogP contribution in [0.4, 0.5) is 11.4 Å². The molecule has 1 aliphatic rings. The van der Waals surface area contributed by atoms with Crippen LogP contribution >= 0.6 is 0 Å². The highest BCUT2D eigenvalue weighted by Gasteiger charge is 2.15. The highest BCUT2D eigenvalue weighted by molar-refractivity contribution is 5.85. The standard InChI is InChI=1S/C12H15N3O2/c1-14-4-6-15(7-5-14)11-2-3-12(13-17)10(8-11)9-16/h2-3,8-9H,4-7H2,1H3. The number of nitroso groups, excluding NO2 is 1. The van der Waals surface area contributed by atoms with Crippen molar-refractivity contribution in [3.63, 3.8) is 0 Å². The fourth-order valence-corrected chi connectivity index (χ4v) is 1.98. The minimum atomic E-state index is 0.206. The van der Waals surface area contributed by atoms with Gasteiger partial charge in [0, 0.05) is 37.4 Å². The molecule has 5 nitrogen and oxygen atoms in total. The Labute approximate surface area is 100.0 Å². The molecule has 0 saturated carbocycles. The molecular formula is C12H15N3O2. The van der Waals surface area contributed by atoms with E-state index in [1.165, 1.54) is 0 Å². The van der Waals surface area contributed by atoms with Crippen molar-refractivity contribution < 1.29 is 4.79 Å². The number of carbonyl (C=O) groups is 1. The lowest BCUT2D eigenvalue weighted by molar-refractivity contribution is 0.112. The topological polar surface area (TPSA) is 53.0 Å². The van der Waals surface area contributed by atoms with E-state index >= 15 is 0 Å². The molecule has 1 saturated heterocycles. The van der Waals surface area contributed by atoms with Crippen LogP contribution in [-0.4, -0.2) is 44.4 Å². The van der Waals surface area contributed by atoms with Gasteiger partial charge in [0.15, 0.2) is 6.29 Å². The lowest BCUT2D eigenvalue weighted by Crippen LogP contribution is -2.44. The van der Waals surface area contributed by atoms with Gasteiger partial charge in [0.1, 0.15) is 5.69 Å². The molecule has 0 atom stereocenters. The van der Waals surface area contributed by atoms with Gasteiger partial charge in [-0.25, -0.2) is 0 Å². The van der Waals surface area contributed by atoms with Gasteiger partial charge in [-0.3, -0.25) is 4.79 Å². The fraction of sp³-hybridized carbons (Fsp3) is 0.417. The number of aldehydes is 1. The molecule has 0 aliphatic carbocycles. The summed E-state index contributed by atoms with van der Waals surface area (Å²) >= 11 is 0. The highest BCUT2D eigenvalue weighted by atomic mass is 16.3. The van der Waals surface area contributed by atoms with Gasteiger partial charge in [0.05, 0.1) is 0 Å². The van der Waals surface area contributed by atoms with Crippen LogP contribution in [0.1, 0.15) is 10.4 Å². The first-order chi connectivity index (χ1) is 8.24. The van der Waals surface area contributed by atoms with Crippen molar-refractivity contribution in [2.24, 2.45) is 5.18 Å². The lowest BCUT2D eigenvalue weighted by atomic mass is 10.1. The highest BCUT2D eigenvalue weighted by Crippen LogP contribution is 2.24. The first-order valence-electron chi connectivity index (χ1n) is 5.60. The molecule has 0 N–H and O–H groups in total. The summed E-state index contributed by atoms with van der Waals surface area (Å²) in [6.07, 6.45) is 0.677. The van der Waals surface area contributed by atoms with Crippen LogP contribution in [0.3, 0.4) is 0 Å². The Bertz CT molecular complexity index is 426. The van der Waals surface area contributed by atoms with Gasteiger partial charge < -0.3 is 9.80 Å². The van der Waals surface area contributed by atoms with E-state index in [4.69, 9.17) is 0 Å². The van der Waals surface area contributed by atoms with Gasteiger partial charge in [-0.2, -0.15) is 0 Å². The second-order valence-electron chi connectivity index (χ2n) is 4.24. The molecule has 1 aromatic carbocycles. The molecule has 90 valence electrons. The zero-order chi connectivity index (χ0) is 12.3. The van der Waals surface area contributed by atoms with E-state index in [1.807, 2.05) is 6.07 Å². The Morgan fingerprint density at radius 2 is 1.94 bits per heavy atom. The minimum absolute atomic E-state index is 0.206. The van der Waals surface area contributed by atoms with Crippen LogP contribution in [0.5, 0.6) is 0 Å². The molecule has 0 amide bonds. The average molecular weight is 233 g/mol. The number of likely N-dealkylation sites (N-methyl/N-ethyl adjacent to an activating group) is 1. The van der Waals surface area contributed by atoms with Crippen LogP contribution in [0.25, 0.3) is 0 Å². The Hall–Kier alpha value is -1.75. The maximum absolute atomic E-state index is 10.8. The summed E-state index contributed by atoms with van der Waals surface area (Å²) in [5.41, 5.74) is 1.54. The van der Waals surface area contributed by atoms with Crippen LogP contribution < -0.4 is 4.90 Å². The van der Waals surface area contributed by atoms with E-state index in [0.717, 1.165) is 31.9 Å². The first kappa shape index (κ1) is 11.7. The number of benzene rings is 1. The van der Waals surface area contributed by atoms with Crippen molar-refractivity contribution in [2.75, 3.05) is 38.1 Å². The Balaban J connectivity index is 2.21. The summed E-state index contributed by atoms with van der Waals surface area (Å²) in [5.74, 6) is 0. The zero-order valence-electron chi connectivity index (χ0n) is 9.80. The van der Waals surface area contributed by atoms with E-state index in [-0.39, 0.29) is 5.69 Å². The number of nitrogens with zero attached hydrogens (tertiary/aromatic N) is 3. The van der Waals surface area contributed by atoms with Crippen molar-refractivity contribution >= 4 is 17.7 Å². The van der Waals surface area contributed by atoms with Crippen molar-refractivity contribution in [1.29, 1.82) is 0 Å². The molecule has 1 heterocycles. The van der Waals surface area contributed by atoms with Gasteiger partial charge in [-0.15, -0.1) is 4.91 Å². The van der Waals surface area contributed by atoms with Crippen molar-refractivity contribution in [2.45, 2.75) is 0 Å². The molecular weight excluding hydrogens is 218 g/mol. The molecule has 1 fully saturated rings. The number of rotatable bonds is 3. The van der Waals surface area contributed by atoms with E-state index < -0.39 is 0 Å². The molecule has 0 unspecified atom stereocenters. The molecule has 1 aliphatic heterocycles. The summed E-state index contributed by atoms with van der Waals surface area (Å²) in [6, 6.07) is 5.18.